The number of hydrogen-bond donors (Lipinski definition) is 7. The summed E-state index contributed by atoms with van der Waals surface area (Å²) >= 11 is 0. The zero-order valence-electron chi connectivity index (χ0n) is 17.6. The molecule has 0 fully saturated rings. The van der Waals surface area contributed by atoms with Crippen molar-refractivity contribution in [1.82, 2.24) is 16.0 Å². The van der Waals surface area contributed by atoms with Crippen molar-refractivity contribution < 1.29 is 39.0 Å². The minimum atomic E-state index is -1.32. The molecule has 0 aliphatic carbocycles. The van der Waals surface area contributed by atoms with Gasteiger partial charge in [-0.2, -0.15) is 0 Å². The zero-order valence-corrected chi connectivity index (χ0v) is 17.6. The Labute approximate surface area is 179 Å². The first kappa shape index (κ1) is 27.8. The van der Waals surface area contributed by atoms with E-state index in [4.69, 9.17) is 21.7 Å². The lowest BCUT2D eigenvalue weighted by atomic mass is 10.0. The third-order valence-electron chi connectivity index (χ3n) is 4.07. The van der Waals surface area contributed by atoms with Crippen LogP contribution >= 0.6 is 0 Å². The van der Waals surface area contributed by atoms with Gasteiger partial charge in [-0.25, -0.2) is 0 Å². The second-order valence-electron chi connectivity index (χ2n) is 7.41. The summed E-state index contributed by atoms with van der Waals surface area (Å²) in [4.78, 5) is 69.5. The van der Waals surface area contributed by atoms with E-state index in [1.807, 2.05) is 0 Å². The fraction of sp³-hybridized carbons (Fsp3) is 0.667. The van der Waals surface area contributed by atoms with Crippen molar-refractivity contribution in [2.24, 2.45) is 17.4 Å². The van der Waals surface area contributed by atoms with Gasteiger partial charge >= 0.3 is 11.9 Å². The van der Waals surface area contributed by atoms with E-state index in [1.165, 1.54) is 0 Å². The number of nitrogens with two attached hydrogens (primary N) is 2. The van der Waals surface area contributed by atoms with Gasteiger partial charge < -0.3 is 37.6 Å². The average Bonchev–Trinajstić information content (AvgIpc) is 2.65. The summed E-state index contributed by atoms with van der Waals surface area (Å²) in [5, 5.41) is 24.4. The summed E-state index contributed by atoms with van der Waals surface area (Å²) in [5.41, 5.74) is 10.7. The molecule has 0 spiro atoms. The summed E-state index contributed by atoms with van der Waals surface area (Å²) in [7, 11) is 0. The zero-order chi connectivity index (χ0) is 24.1. The number of nitrogens with one attached hydrogen (secondary N) is 3. The van der Waals surface area contributed by atoms with Crippen molar-refractivity contribution in [2.75, 3.05) is 6.54 Å². The molecule has 0 aromatic carbocycles. The van der Waals surface area contributed by atoms with Gasteiger partial charge in [-0.1, -0.05) is 13.8 Å². The maximum absolute atomic E-state index is 12.7. The van der Waals surface area contributed by atoms with Crippen LogP contribution in [0.3, 0.4) is 0 Å². The van der Waals surface area contributed by atoms with E-state index in [0.29, 0.717) is 0 Å². The number of carbonyl (C=O) groups is 6. The van der Waals surface area contributed by atoms with Gasteiger partial charge in [0.2, 0.25) is 23.6 Å². The molecule has 31 heavy (non-hydrogen) atoms. The van der Waals surface area contributed by atoms with E-state index in [1.54, 1.807) is 13.8 Å². The molecule has 0 radical (unpaired) electrons. The van der Waals surface area contributed by atoms with Crippen molar-refractivity contribution in [1.29, 1.82) is 0 Å². The number of amides is 4. The lowest BCUT2D eigenvalue weighted by molar-refractivity contribution is -0.140. The van der Waals surface area contributed by atoms with E-state index in [0.717, 1.165) is 0 Å². The van der Waals surface area contributed by atoms with E-state index in [9.17, 15) is 28.8 Å². The summed E-state index contributed by atoms with van der Waals surface area (Å²) in [5.74, 6) is -5.52. The molecule has 9 N–H and O–H groups in total. The molecule has 4 amide bonds. The van der Waals surface area contributed by atoms with Crippen molar-refractivity contribution >= 4 is 35.6 Å². The number of primary amides is 1. The number of aliphatic carboxylic acids is 2. The smallest absolute Gasteiger partial charge is 0.322 e. The monoisotopic (exact) mass is 445 g/mol. The molecule has 0 bridgehead atoms. The maximum Gasteiger partial charge on any atom is 0.322 e. The van der Waals surface area contributed by atoms with Gasteiger partial charge in [-0.3, -0.25) is 28.8 Å². The Hall–Kier alpha value is -3.22. The molecule has 0 heterocycles. The highest BCUT2D eigenvalue weighted by atomic mass is 16.4. The standard InChI is InChI=1S/C18H31N5O8/c1-9(2)7-12(23-16(29)10(19)3-5-13(20)24)18(31)22-11(4-6-14(25)26)17(30)21-8-15(27)28/h9-12H,3-8,19H2,1-2H3,(H2,20,24)(H,21,30)(H,22,31)(H,23,29)(H,25,26)(H,27,28). The van der Waals surface area contributed by atoms with Gasteiger partial charge in [0.05, 0.1) is 6.04 Å². The Balaban J connectivity index is 5.27. The topological polar surface area (TPSA) is 231 Å². The predicted octanol–water partition coefficient (Wildman–Crippen LogP) is -2.34. The molecule has 13 heteroatoms. The predicted molar refractivity (Wildman–Crippen MR) is 107 cm³/mol. The van der Waals surface area contributed by atoms with Gasteiger partial charge in [0.1, 0.15) is 18.6 Å². The largest absolute Gasteiger partial charge is 0.481 e. The summed E-state index contributed by atoms with van der Waals surface area (Å²) in [6.07, 6.45) is -0.688. The molecular formula is C18H31N5O8. The van der Waals surface area contributed by atoms with E-state index >= 15 is 0 Å². The highest BCUT2D eigenvalue weighted by molar-refractivity contribution is 5.94. The van der Waals surface area contributed by atoms with Crippen molar-refractivity contribution in [3.8, 4) is 0 Å². The van der Waals surface area contributed by atoms with Gasteiger partial charge in [0.25, 0.3) is 0 Å². The summed E-state index contributed by atoms with van der Waals surface area (Å²) < 4.78 is 0. The summed E-state index contributed by atoms with van der Waals surface area (Å²) in [6.45, 7) is 2.88. The highest BCUT2D eigenvalue weighted by Crippen LogP contribution is 2.08. The second kappa shape index (κ2) is 13.9. The SMILES string of the molecule is CC(C)CC(NC(=O)C(N)CCC(N)=O)C(=O)NC(CCC(=O)O)C(=O)NCC(=O)O. The van der Waals surface area contributed by atoms with Crippen LogP contribution in [0.5, 0.6) is 0 Å². The molecule has 0 rings (SSSR count). The van der Waals surface area contributed by atoms with Crippen LogP contribution in [0.15, 0.2) is 0 Å². The van der Waals surface area contributed by atoms with Crippen LogP contribution in [0.1, 0.15) is 46.0 Å². The third-order valence-corrected chi connectivity index (χ3v) is 4.07. The Morgan fingerprint density at radius 1 is 0.806 bits per heavy atom. The number of carboxylic acids is 2. The van der Waals surface area contributed by atoms with Gasteiger partial charge in [0, 0.05) is 12.8 Å². The Morgan fingerprint density at radius 3 is 1.87 bits per heavy atom. The minimum absolute atomic E-state index is 0.0178. The number of hydrogen-bond acceptors (Lipinski definition) is 7. The van der Waals surface area contributed by atoms with Gasteiger partial charge in [-0.05, 0) is 25.2 Å². The van der Waals surface area contributed by atoms with Crippen LogP contribution in [0, 0.1) is 5.92 Å². The van der Waals surface area contributed by atoms with Gasteiger partial charge in [0.15, 0.2) is 0 Å². The lowest BCUT2D eigenvalue weighted by Gasteiger charge is -2.25. The molecule has 0 saturated carbocycles. The first-order valence-corrected chi connectivity index (χ1v) is 9.69. The molecule has 0 aromatic rings. The normalized spacial score (nSPS) is 13.5. The van der Waals surface area contributed by atoms with Crippen LogP contribution in [-0.2, 0) is 28.8 Å². The molecule has 0 aliphatic rings. The third kappa shape index (κ3) is 12.8. The number of carbonyl (C=O) groups excluding carboxylic acids is 4. The minimum Gasteiger partial charge on any atom is -0.481 e. The molecule has 13 nitrogen and oxygen atoms in total. The van der Waals surface area contributed by atoms with E-state index < -0.39 is 66.7 Å². The van der Waals surface area contributed by atoms with Crippen LogP contribution in [0.25, 0.3) is 0 Å². The fourth-order valence-electron chi connectivity index (χ4n) is 2.51. The Morgan fingerprint density at radius 2 is 1.39 bits per heavy atom. The van der Waals surface area contributed by atoms with Crippen molar-refractivity contribution in [3.63, 3.8) is 0 Å². The quantitative estimate of drug-likeness (QED) is 0.143. The van der Waals surface area contributed by atoms with Crippen molar-refractivity contribution in [2.45, 2.75) is 64.1 Å². The molecular weight excluding hydrogens is 414 g/mol. The molecule has 3 atom stereocenters. The summed E-state index contributed by atoms with van der Waals surface area (Å²) in [6, 6.07) is -3.50. The molecule has 0 aromatic heterocycles. The highest BCUT2D eigenvalue weighted by Gasteiger charge is 2.29. The van der Waals surface area contributed by atoms with Crippen LogP contribution in [0.2, 0.25) is 0 Å². The molecule has 176 valence electrons. The lowest BCUT2D eigenvalue weighted by Crippen LogP contribution is -2.56. The van der Waals surface area contributed by atoms with Crippen LogP contribution < -0.4 is 27.4 Å². The first-order valence-electron chi connectivity index (χ1n) is 9.69. The molecule has 0 saturated heterocycles. The second-order valence-corrected chi connectivity index (χ2v) is 7.41. The average molecular weight is 445 g/mol. The molecule has 3 unspecified atom stereocenters. The maximum atomic E-state index is 12.7. The van der Waals surface area contributed by atoms with Crippen LogP contribution in [0.4, 0.5) is 0 Å². The molecule has 0 aliphatic heterocycles. The van der Waals surface area contributed by atoms with Crippen molar-refractivity contribution in [3.05, 3.63) is 0 Å². The van der Waals surface area contributed by atoms with Crippen LogP contribution in [-0.4, -0.2) is 70.5 Å². The van der Waals surface area contributed by atoms with E-state index in [2.05, 4.69) is 16.0 Å². The first-order chi connectivity index (χ1) is 14.3. The number of rotatable bonds is 15. The Bertz CT molecular complexity index is 682. The number of carboxylic acid groups (broad SMARTS) is 2. The van der Waals surface area contributed by atoms with E-state index in [-0.39, 0.29) is 31.6 Å². The fourth-order valence-corrected chi connectivity index (χ4v) is 2.51. The van der Waals surface area contributed by atoms with Gasteiger partial charge in [-0.15, -0.1) is 0 Å². The Kier molecular flexibility index (Phi) is 12.5.